The van der Waals surface area contributed by atoms with E-state index in [-0.39, 0.29) is 11.8 Å². The number of nitrogens with zero attached hydrogens (tertiary/aromatic N) is 2. The molecule has 7 heteroatoms. The second-order valence-electron chi connectivity index (χ2n) is 7.77. The number of carbonyl (C=O) groups is 2. The van der Waals surface area contributed by atoms with Crippen molar-refractivity contribution in [3.63, 3.8) is 0 Å². The smallest absolute Gasteiger partial charge is 0.248 e. The van der Waals surface area contributed by atoms with Gasteiger partial charge in [-0.05, 0) is 54.6 Å². The Bertz CT molecular complexity index is 1150. The van der Waals surface area contributed by atoms with E-state index < -0.39 is 0 Å². The molecule has 1 aromatic heterocycles. The summed E-state index contributed by atoms with van der Waals surface area (Å²) in [6.45, 7) is 4.98. The molecule has 0 spiro atoms. The third kappa shape index (κ3) is 5.65. The van der Waals surface area contributed by atoms with Gasteiger partial charge in [0.05, 0.1) is 5.02 Å². The maximum atomic E-state index is 12.3. The van der Waals surface area contributed by atoms with Crippen molar-refractivity contribution in [1.29, 1.82) is 0 Å². The van der Waals surface area contributed by atoms with Crippen LogP contribution in [-0.4, -0.2) is 42.9 Å². The number of benzene rings is 2. The Morgan fingerprint density at radius 3 is 2.42 bits per heavy atom. The summed E-state index contributed by atoms with van der Waals surface area (Å²) in [6, 6.07) is 18.8. The zero-order valence-electron chi connectivity index (χ0n) is 18.5. The van der Waals surface area contributed by atoms with Gasteiger partial charge in [0, 0.05) is 55.6 Å². The van der Waals surface area contributed by atoms with Crippen LogP contribution in [0.1, 0.15) is 19.1 Å². The number of piperazine rings is 1. The fraction of sp³-hybridized carbons (Fsp3) is 0.231. The topological polar surface area (TPSA) is 65.8 Å². The molecule has 1 fully saturated rings. The van der Waals surface area contributed by atoms with Crippen LogP contribution in [0.15, 0.2) is 71.2 Å². The highest BCUT2D eigenvalue weighted by molar-refractivity contribution is 6.33. The first-order chi connectivity index (χ1) is 16.0. The molecular weight excluding hydrogens is 438 g/mol. The van der Waals surface area contributed by atoms with Crippen molar-refractivity contribution in [2.24, 2.45) is 0 Å². The minimum atomic E-state index is -0.245. The number of hydrogen-bond donors (Lipinski definition) is 1. The van der Waals surface area contributed by atoms with E-state index in [2.05, 4.69) is 10.2 Å². The standard InChI is InChI=1S/C26H26ClN3O3/c1-2-26(32)30-17-15-29(16-18-30)20-9-7-19(8-10-20)28-25(31)14-12-21-11-13-24(33-21)22-5-3-4-6-23(22)27/h3-14H,2,15-18H2,1H3,(H,28,31)/b14-12+. The molecule has 4 rings (SSSR count). The molecule has 3 aromatic rings. The zero-order chi connectivity index (χ0) is 23.2. The van der Waals surface area contributed by atoms with Crippen LogP contribution in [0.3, 0.4) is 0 Å². The molecule has 0 bridgehead atoms. The summed E-state index contributed by atoms with van der Waals surface area (Å²) in [5, 5.41) is 3.47. The second kappa shape index (κ2) is 10.4. The molecule has 1 aliphatic heterocycles. The average Bonchev–Trinajstić information content (AvgIpc) is 3.32. The first-order valence-corrected chi connectivity index (χ1v) is 11.4. The van der Waals surface area contributed by atoms with Crippen LogP contribution in [0.4, 0.5) is 11.4 Å². The minimum absolute atomic E-state index is 0.204. The Labute approximate surface area is 198 Å². The number of rotatable bonds is 6. The van der Waals surface area contributed by atoms with Crippen LogP contribution in [-0.2, 0) is 9.59 Å². The Hall–Kier alpha value is -3.51. The van der Waals surface area contributed by atoms with Crippen LogP contribution in [0, 0.1) is 0 Å². The van der Waals surface area contributed by atoms with Gasteiger partial charge in [-0.3, -0.25) is 9.59 Å². The molecule has 0 atom stereocenters. The molecule has 33 heavy (non-hydrogen) atoms. The average molecular weight is 464 g/mol. The lowest BCUT2D eigenvalue weighted by Crippen LogP contribution is -2.48. The number of halogens is 1. The summed E-state index contributed by atoms with van der Waals surface area (Å²) in [5.41, 5.74) is 2.60. The Morgan fingerprint density at radius 2 is 1.73 bits per heavy atom. The third-order valence-corrected chi connectivity index (χ3v) is 5.93. The summed E-state index contributed by atoms with van der Waals surface area (Å²) in [4.78, 5) is 28.3. The van der Waals surface area contributed by atoms with Gasteiger partial charge in [0.2, 0.25) is 11.8 Å². The summed E-state index contributed by atoms with van der Waals surface area (Å²) >= 11 is 6.21. The fourth-order valence-electron chi connectivity index (χ4n) is 3.78. The van der Waals surface area contributed by atoms with E-state index in [0.717, 1.165) is 37.4 Å². The van der Waals surface area contributed by atoms with Gasteiger partial charge in [-0.2, -0.15) is 0 Å². The van der Waals surface area contributed by atoms with E-state index in [0.29, 0.717) is 28.7 Å². The first kappa shape index (κ1) is 22.7. The van der Waals surface area contributed by atoms with Gasteiger partial charge in [0.25, 0.3) is 0 Å². The molecule has 2 amide bonds. The van der Waals surface area contributed by atoms with Gasteiger partial charge in [-0.1, -0.05) is 30.7 Å². The number of nitrogens with one attached hydrogen (secondary N) is 1. The molecule has 1 aliphatic rings. The monoisotopic (exact) mass is 463 g/mol. The molecule has 1 saturated heterocycles. The molecular formula is C26H26ClN3O3. The van der Waals surface area contributed by atoms with Gasteiger partial charge in [0.15, 0.2) is 0 Å². The highest BCUT2D eigenvalue weighted by Crippen LogP contribution is 2.29. The lowest BCUT2D eigenvalue weighted by atomic mass is 10.2. The van der Waals surface area contributed by atoms with Crippen molar-refractivity contribution >= 4 is 40.9 Å². The summed E-state index contributed by atoms with van der Waals surface area (Å²) in [6.07, 6.45) is 3.61. The molecule has 2 heterocycles. The summed E-state index contributed by atoms with van der Waals surface area (Å²) < 4.78 is 5.78. The van der Waals surface area contributed by atoms with E-state index in [1.54, 1.807) is 18.2 Å². The highest BCUT2D eigenvalue weighted by Gasteiger charge is 2.20. The van der Waals surface area contributed by atoms with E-state index in [4.69, 9.17) is 16.0 Å². The molecule has 0 saturated carbocycles. The van der Waals surface area contributed by atoms with Crippen molar-refractivity contribution in [2.75, 3.05) is 36.4 Å². The van der Waals surface area contributed by atoms with Crippen LogP contribution in [0.5, 0.6) is 0 Å². The van der Waals surface area contributed by atoms with E-state index in [1.807, 2.05) is 60.4 Å². The SMILES string of the molecule is CCC(=O)N1CCN(c2ccc(NC(=O)/C=C/c3ccc(-c4ccccc4Cl)o3)cc2)CC1. The number of hydrogen-bond acceptors (Lipinski definition) is 4. The molecule has 6 nitrogen and oxygen atoms in total. The maximum Gasteiger partial charge on any atom is 0.248 e. The van der Waals surface area contributed by atoms with Gasteiger partial charge < -0.3 is 19.5 Å². The number of amides is 2. The molecule has 2 aromatic carbocycles. The maximum absolute atomic E-state index is 12.3. The molecule has 170 valence electrons. The van der Waals surface area contributed by atoms with Gasteiger partial charge >= 0.3 is 0 Å². The Morgan fingerprint density at radius 1 is 1.00 bits per heavy atom. The van der Waals surface area contributed by atoms with Crippen molar-refractivity contribution in [3.05, 3.63) is 77.5 Å². The zero-order valence-corrected chi connectivity index (χ0v) is 19.2. The van der Waals surface area contributed by atoms with Crippen molar-refractivity contribution in [1.82, 2.24) is 4.90 Å². The van der Waals surface area contributed by atoms with Crippen molar-refractivity contribution in [2.45, 2.75) is 13.3 Å². The predicted molar refractivity (Wildman–Crippen MR) is 132 cm³/mol. The second-order valence-corrected chi connectivity index (χ2v) is 8.18. The van der Waals surface area contributed by atoms with Gasteiger partial charge in [-0.25, -0.2) is 0 Å². The van der Waals surface area contributed by atoms with E-state index in [1.165, 1.54) is 6.08 Å². The van der Waals surface area contributed by atoms with Crippen molar-refractivity contribution < 1.29 is 14.0 Å². The largest absolute Gasteiger partial charge is 0.457 e. The number of furan rings is 1. The van der Waals surface area contributed by atoms with Crippen LogP contribution >= 0.6 is 11.6 Å². The van der Waals surface area contributed by atoms with Gasteiger partial charge in [0.1, 0.15) is 11.5 Å². The summed E-state index contributed by atoms with van der Waals surface area (Å²) in [7, 11) is 0. The van der Waals surface area contributed by atoms with Crippen LogP contribution in [0.2, 0.25) is 5.02 Å². The van der Waals surface area contributed by atoms with Gasteiger partial charge in [-0.15, -0.1) is 0 Å². The quantitative estimate of drug-likeness (QED) is 0.503. The molecule has 0 radical (unpaired) electrons. The Balaban J connectivity index is 1.31. The molecule has 1 N–H and O–H groups in total. The van der Waals surface area contributed by atoms with Crippen molar-refractivity contribution in [3.8, 4) is 11.3 Å². The van der Waals surface area contributed by atoms with Crippen LogP contribution in [0.25, 0.3) is 17.4 Å². The number of anilines is 2. The van der Waals surface area contributed by atoms with E-state index >= 15 is 0 Å². The Kier molecular flexibility index (Phi) is 7.15. The van der Waals surface area contributed by atoms with Crippen LogP contribution < -0.4 is 10.2 Å². The van der Waals surface area contributed by atoms with E-state index in [9.17, 15) is 9.59 Å². The third-order valence-electron chi connectivity index (χ3n) is 5.60. The highest BCUT2D eigenvalue weighted by atomic mass is 35.5. The summed E-state index contributed by atoms with van der Waals surface area (Å²) in [5.74, 6) is 1.17. The normalized spacial score (nSPS) is 14.0. The molecule has 0 unspecified atom stereocenters. The number of carbonyl (C=O) groups excluding carboxylic acids is 2. The minimum Gasteiger partial charge on any atom is -0.457 e. The predicted octanol–water partition coefficient (Wildman–Crippen LogP) is 5.31. The fourth-order valence-corrected chi connectivity index (χ4v) is 4.01. The lowest BCUT2D eigenvalue weighted by molar-refractivity contribution is -0.131. The lowest BCUT2D eigenvalue weighted by Gasteiger charge is -2.36. The first-order valence-electron chi connectivity index (χ1n) is 11.0. The molecule has 0 aliphatic carbocycles.